The lowest BCUT2D eigenvalue weighted by Crippen LogP contribution is -2.46. The van der Waals surface area contributed by atoms with Crippen LogP contribution in [0.5, 0.6) is 0 Å². The minimum Gasteiger partial charge on any atom is -0.423 e. The van der Waals surface area contributed by atoms with Crippen LogP contribution in [0.3, 0.4) is 0 Å². The summed E-state index contributed by atoms with van der Waals surface area (Å²) >= 11 is 6.20. The van der Waals surface area contributed by atoms with E-state index in [-0.39, 0.29) is 29.0 Å². The van der Waals surface area contributed by atoms with Gasteiger partial charge in [0.2, 0.25) is 11.8 Å². The number of fused-ring (bicyclic) bond motifs is 1. The smallest absolute Gasteiger partial charge is 0.336 e. The fourth-order valence-corrected chi connectivity index (χ4v) is 4.64. The van der Waals surface area contributed by atoms with Gasteiger partial charge in [-0.15, -0.1) is 0 Å². The van der Waals surface area contributed by atoms with Crippen molar-refractivity contribution in [3.8, 4) is 11.1 Å². The van der Waals surface area contributed by atoms with Crippen LogP contribution >= 0.6 is 11.6 Å². The van der Waals surface area contributed by atoms with E-state index in [1.54, 1.807) is 19.2 Å². The summed E-state index contributed by atoms with van der Waals surface area (Å²) in [6.45, 7) is 0.686. The van der Waals surface area contributed by atoms with Crippen molar-refractivity contribution < 1.29 is 23.2 Å². The standard InChI is InChI=1S/C25H22ClFN2O5/c1-28-24(32)15-3-2-8-29(12-15)25(33)20(13-30)14-4-6-18-19(11-23(31)34-22(18)9-14)17-7-5-16(27)10-21(17)26/h4-7,9-11,13,15,20H,2-3,8,12H2,1H3,(H,28,32)/t15-,20-/m0/s1. The summed E-state index contributed by atoms with van der Waals surface area (Å²) in [5.41, 5.74) is 0.770. The van der Waals surface area contributed by atoms with Gasteiger partial charge in [0.25, 0.3) is 0 Å². The molecule has 0 unspecified atom stereocenters. The van der Waals surface area contributed by atoms with Gasteiger partial charge in [-0.05, 0) is 42.7 Å². The zero-order valence-electron chi connectivity index (χ0n) is 18.3. The van der Waals surface area contributed by atoms with Gasteiger partial charge in [0.15, 0.2) is 0 Å². The van der Waals surface area contributed by atoms with E-state index in [9.17, 15) is 23.6 Å². The molecule has 1 fully saturated rings. The molecule has 0 saturated carbocycles. The van der Waals surface area contributed by atoms with Gasteiger partial charge >= 0.3 is 5.63 Å². The monoisotopic (exact) mass is 484 g/mol. The molecule has 1 aromatic heterocycles. The highest BCUT2D eigenvalue weighted by atomic mass is 35.5. The molecule has 4 rings (SSSR count). The van der Waals surface area contributed by atoms with Crippen LogP contribution in [0, 0.1) is 11.7 Å². The van der Waals surface area contributed by atoms with Crippen LogP contribution in [0.2, 0.25) is 5.02 Å². The van der Waals surface area contributed by atoms with Gasteiger partial charge in [0, 0.05) is 42.7 Å². The van der Waals surface area contributed by atoms with E-state index in [1.165, 1.54) is 29.2 Å². The number of likely N-dealkylation sites (tertiary alicyclic amines) is 1. The molecule has 2 aromatic carbocycles. The van der Waals surface area contributed by atoms with Crippen molar-refractivity contribution in [3.05, 3.63) is 69.3 Å². The van der Waals surface area contributed by atoms with Gasteiger partial charge in [-0.25, -0.2) is 9.18 Å². The minimum atomic E-state index is -1.11. The number of carbonyl (C=O) groups is 3. The van der Waals surface area contributed by atoms with Crippen molar-refractivity contribution in [3.63, 3.8) is 0 Å². The molecular formula is C25H22ClFN2O5. The van der Waals surface area contributed by atoms with Gasteiger partial charge < -0.3 is 19.4 Å². The molecule has 1 aliphatic heterocycles. The van der Waals surface area contributed by atoms with E-state index < -0.39 is 23.3 Å². The van der Waals surface area contributed by atoms with Crippen molar-refractivity contribution in [2.45, 2.75) is 18.8 Å². The Bertz CT molecular complexity index is 1340. The maximum absolute atomic E-state index is 13.5. The topological polar surface area (TPSA) is 96.7 Å². The number of hydrogen-bond acceptors (Lipinski definition) is 5. The van der Waals surface area contributed by atoms with Crippen molar-refractivity contribution in [1.82, 2.24) is 10.2 Å². The predicted molar refractivity (Wildman–Crippen MR) is 125 cm³/mol. The molecule has 2 atom stereocenters. The molecule has 176 valence electrons. The normalized spacial score (nSPS) is 16.8. The van der Waals surface area contributed by atoms with E-state index in [2.05, 4.69) is 5.32 Å². The number of hydrogen-bond donors (Lipinski definition) is 1. The third-order valence-electron chi connectivity index (χ3n) is 6.10. The van der Waals surface area contributed by atoms with Crippen LogP contribution < -0.4 is 10.9 Å². The summed E-state index contributed by atoms with van der Waals surface area (Å²) in [5, 5.41) is 3.25. The van der Waals surface area contributed by atoms with Crippen molar-refractivity contribution in [2.75, 3.05) is 20.1 Å². The van der Waals surface area contributed by atoms with Crippen LogP contribution in [0.25, 0.3) is 22.1 Å². The van der Waals surface area contributed by atoms with Crippen LogP contribution in [0.1, 0.15) is 24.3 Å². The number of benzene rings is 2. The average molecular weight is 485 g/mol. The lowest BCUT2D eigenvalue weighted by Gasteiger charge is -2.33. The van der Waals surface area contributed by atoms with E-state index in [0.717, 1.165) is 6.07 Å². The summed E-state index contributed by atoms with van der Waals surface area (Å²) in [6.07, 6.45) is 1.88. The third kappa shape index (κ3) is 4.59. The van der Waals surface area contributed by atoms with Crippen LogP contribution in [-0.4, -0.2) is 43.1 Å². The summed E-state index contributed by atoms with van der Waals surface area (Å²) < 4.78 is 18.8. The van der Waals surface area contributed by atoms with E-state index in [4.69, 9.17) is 16.0 Å². The molecule has 34 heavy (non-hydrogen) atoms. The molecule has 1 aliphatic rings. The number of aldehydes is 1. The second kappa shape index (κ2) is 9.77. The average Bonchev–Trinajstić information content (AvgIpc) is 2.83. The first-order chi connectivity index (χ1) is 16.3. The Kier molecular flexibility index (Phi) is 6.79. The molecule has 1 saturated heterocycles. The summed E-state index contributed by atoms with van der Waals surface area (Å²) in [6, 6.07) is 9.84. The Morgan fingerprint density at radius 3 is 2.71 bits per heavy atom. The Balaban J connectivity index is 1.70. The molecule has 0 aliphatic carbocycles. The van der Waals surface area contributed by atoms with Gasteiger partial charge in [-0.3, -0.25) is 9.59 Å². The first kappa shape index (κ1) is 23.6. The fraction of sp³-hybridized carbons (Fsp3) is 0.280. The van der Waals surface area contributed by atoms with Crippen molar-refractivity contribution in [1.29, 1.82) is 0 Å². The number of nitrogens with one attached hydrogen (secondary N) is 1. The molecule has 2 amide bonds. The van der Waals surface area contributed by atoms with Crippen LogP contribution in [0.15, 0.2) is 51.7 Å². The van der Waals surface area contributed by atoms with Gasteiger partial charge in [-0.2, -0.15) is 0 Å². The Morgan fingerprint density at radius 2 is 2.00 bits per heavy atom. The lowest BCUT2D eigenvalue weighted by molar-refractivity contribution is -0.138. The minimum absolute atomic E-state index is 0.132. The third-order valence-corrected chi connectivity index (χ3v) is 6.41. The number of halogens is 2. The van der Waals surface area contributed by atoms with E-state index in [0.29, 0.717) is 47.7 Å². The molecule has 2 heterocycles. The zero-order valence-corrected chi connectivity index (χ0v) is 19.1. The first-order valence-corrected chi connectivity index (χ1v) is 11.2. The molecule has 9 heteroatoms. The lowest BCUT2D eigenvalue weighted by atomic mass is 9.92. The maximum Gasteiger partial charge on any atom is 0.336 e. The summed E-state index contributed by atoms with van der Waals surface area (Å²) in [7, 11) is 1.55. The molecule has 7 nitrogen and oxygen atoms in total. The summed E-state index contributed by atoms with van der Waals surface area (Å²) in [4.78, 5) is 50.9. The maximum atomic E-state index is 13.5. The second-order valence-electron chi connectivity index (χ2n) is 8.21. The molecule has 0 spiro atoms. The number of rotatable bonds is 5. The Hall–Kier alpha value is -3.52. The number of carbonyl (C=O) groups excluding carboxylic acids is 3. The number of piperidine rings is 1. The Labute approximate surface area is 199 Å². The zero-order chi connectivity index (χ0) is 24.4. The number of nitrogens with zero attached hydrogens (tertiary/aromatic N) is 1. The molecular weight excluding hydrogens is 463 g/mol. The molecule has 0 radical (unpaired) electrons. The highest BCUT2D eigenvalue weighted by Crippen LogP contribution is 2.34. The highest BCUT2D eigenvalue weighted by Gasteiger charge is 2.32. The van der Waals surface area contributed by atoms with Crippen molar-refractivity contribution in [2.24, 2.45) is 5.92 Å². The SMILES string of the molecule is CNC(=O)[C@H]1CCCN(C(=O)[C@@H](C=O)c2ccc3c(-c4ccc(F)cc4Cl)cc(=O)oc3c2)C1. The van der Waals surface area contributed by atoms with Gasteiger partial charge in [0.05, 0.1) is 10.9 Å². The second-order valence-corrected chi connectivity index (χ2v) is 8.62. The van der Waals surface area contributed by atoms with Crippen molar-refractivity contribution >= 4 is 40.7 Å². The van der Waals surface area contributed by atoms with Crippen LogP contribution in [0.4, 0.5) is 4.39 Å². The first-order valence-electron chi connectivity index (χ1n) is 10.8. The number of amides is 2. The molecule has 0 bridgehead atoms. The predicted octanol–water partition coefficient (Wildman–Crippen LogP) is 3.52. The van der Waals surface area contributed by atoms with E-state index >= 15 is 0 Å². The quantitative estimate of drug-likeness (QED) is 0.339. The van der Waals surface area contributed by atoms with Gasteiger partial charge in [0.1, 0.15) is 23.6 Å². The van der Waals surface area contributed by atoms with Gasteiger partial charge in [-0.1, -0.05) is 23.7 Å². The van der Waals surface area contributed by atoms with E-state index in [1.807, 2.05) is 0 Å². The summed E-state index contributed by atoms with van der Waals surface area (Å²) in [5.74, 6) is -2.50. The molecule has 3 aromatic rings. The van der Waals surface area contributed by atoms with Crippen LogP contribution in [-0.2, 0) is 14.4 Å². The molecule has 1 N–H and O–H groups in total. The fourth-order valence-electron chi connectivity index (χ4n) is 4.38. The highest BCUT2D eigenvalue weighted by molar-refractivity contribution is 6.33. The Morgan fingerprint density at radius 1 is 1.21 bits per heavy atom. The largest absolute Gasteiger partial charge is 0.423 e.